The van der Waals surface area contributed by atoms with Crippen LogP contribution in [0.4, 0.5) is 5.95 Å². The Balaban J connectivity index is 1.87. The van der Waals surface area contributed by atoms with E-state index in [1.54, 1.807) is 25.8 Å². The lowest BCUT2D eigenvalue weighted by molar-refractivity contribution is -0.116. The summed E-state index contributed by atoms with van der Waals surface area (Å²) in [6, 6.07) is 7.69. The first-order valence-corrected chi connectivity index (χ1v) is 6.39. The Morgan fingerprint density at radius 2 is 2.05 bits per heavy atom. The predicted octanol–water partition coefficient (Wildman–Crippen LogP) is 1.70. The van der Waals surface area contributed by atoms with Crippen molar-refractivity contribution < 1.29 is 9.53 Å². The molecule has 2 aromatic rings. The number of anilines is 1. The summed E-state index contributed by atoms with van der Waals surface area (Å²) in [4.78, 5) is 16.0. The minimum Gasteiger partial charge on any atom is -0.497 e. The summed E-state index contributed by atoms with van der Waals surface area (Å²) < 4.78 is 6.65. The molecule has 1 heterocycles. The molecule has 1 aromatic carbocycles. The standard InChI is InChI=1S/C14H18N4O2/c1-10-15-14(18(2)17-10)16-13(19)9-6-11-4-7-12(20-3)8-5-11/h4-5,7-8H,6,9H2,1-3H3,(H,15,16,17,19). The van der Waals surface area contributed by atoms with Crippen LogP contribution in [-0.4, -0.2) is 27.8 Å². The van der Waals surface area contributed by atoms with Crippen LogP contribution in [0.25, 0.3) is 0 Å². The Labute approximate surface area is 117 Å². The van der Waals surface area contributed by atoms with Crippen LogP contribution in [0.3, 0.4) is 0 Å². The quantitative estimate of drug-likeness (QED) is 0.901. The molecule has 0 aliphatic heterocycles. The van der Waals surface area contributed by atoms with Crippen molar-refractivity contribution in [1.29, 1.82) is 0 Å². The number of methoxy groups -OCH3 is 1. The third kappa shape index (κ3) is 3.57. The van der Waals surface area contributed by atoms with Crippen molar-refractivity contribution in [1.82, 2.24) is 14.8 Å². The van der Waals surface area contributed by atoms with E-state index in [0.717, 1.165) is 11.3 Å². The van der Waals surface area contributed by atoms with Crippen LogP contribution in [-0.2, 0) is 18.3 Å². The van der Waals surface area contributed by atoms with Gasteiger partial charge in [-0.15, -0.1) is 0 Å². The first kappa shape index (κ1) is 14.0. The Hall–Kier alpha value is -2.37. The maximum absolute atomic E-state index is 11.9. The van der Waals surface area contributed by atoms with E-state index in [1.807, 2.05) is 24.3 Å². The number of aryl methyl sites for hydroxylation is 3. The van der Waals surface area contributed by atoms with Gasteiger partial charge in [0.2, 0.25) is 11.9 Å². The lowest BCUT2D eigenvalue weighted by Crippen LogP contribution is -2.15. The molecule has 0 fully saturated rings. The molecule has 0 radical (unpaired) electrons. The maximum Gasteiger partial charge on any atom is 0.227 e. The van der Waals surface area contributed by atoms with Gasteiger partial charge in [-0.3, -0.25) is 10.1 Å². The topological polar surface area (TPSA) is 69.0 Å². The van der Waals surface area contributed by atoms with Gasteiger partial charge in [0.1, 0.15) is 11.6 Å². The third-order valence-electron chi connectivity index (χ3n) is 2.92. The smallest absolute Gasteiger partial charge is 0.227 e. The highest BCUT2D eigenvalue weighted by molar-refractivity contribution is 5.89. The number of aromatic nitrogens is 3. The fourth-order valence-corrected chi connectivity index (χ4v) is 1.86. The van der Waals surface area contributed by atoms with Gasteiger partial charge in [0, 0.05) is 13.5 Å². The Morgan fingerprint density at radius 3 is 2.60 bits per heavy atom. The summed E-state index contributed by atoms with van der Waals surface area (Å²) in [5, 5.41) is 6.83. The molecule has 1 N–H and O–H groups in total. The number of carbonyl (C=O) groups is 1. The summed E-state index contributed by atoms with van der Waals surface area (Å²) in [5.74, 6) is 1.85. The molecule has 2 rings (SSSR count). The minimum atomic E-state index is -0.0729. The second-order valence-corrected chi connectivity index (χ2v) is 4.50. The minimum absolute atomic E-state index is 0.0729. The fourth-order valence-electron chi connectivity index (χ4n) is 1.86. The summed E-state index contributed by atoms with van der Waals surface area (Å²) in [5.41, 5.74) is 1.09. The predicted molar refractivity (Wildman–Crippen MR) is 75.7 cm³/mol. The number of nitrogens with zero attached hydrogens (tertiary/aromatic N) is 3. The van der Waals surface area contributed by atoms with Crippen molar-refractivity contribution in [2.45, 2.75) is 19.8 Å². The monoisotopic (exact) mass is 274 g/mol. The van der Waals surface area contributed by atoms with Gasteiger partial charge >= 0.3 is 0 Å². The van der Waals surface area contributed by atoms with E-state index >= 15 is 0 Å². The van der Waals surface area contributed by atoms with Crippen LogP contribution >= 0.6 is 0 Å². The molecule has 0 bridgehead atoms. The van der Waals surface area contributed by atoms with E-state index in [0.29, 0.717) is 24.6 Å². The third-order valence-corrected chi connectivity index (χ3v) is 2.92. The number of hydrogen-bond acceptors (Lipinski definition) is 4. The van der Waals surface area contributed by atoms with E-state index in [1.165, 1.54) is 0 Å². The van der Waals surface area contributed by atoms with Crippen molar-refractivity contribution >= 4 is 11.9 Å². The summed E-state index contributed by atoms with van der Waals surface area (Å²) >= 11 is 0. The molecule has 0 unspecified atom stereocenters. The van der Waals surface area contributed by atoms with Crippen LogP contribution in [0.15, 0.2) is 24.3 Å². The fraction of sp³-hybridized carbons (Fsp3) is 0.357. The second-order valence-electron chi connectivity index (χ2n) is 4.50. The van der Waals surface area contributed by atoms with E-state index in [-0.39, 0.29) is 5.91 Å². The van der Waals surface area contributed by atoms with Crippen LogP contribution < -0.4 is 10.1 Å². The largest absolute Gasteiger partial charge is 0.497 e. The highest BCUT2D eigenvalue weighted by Crippen LogP contribution is 2.13. The van der Waals surface area contributed by atoms with Crippen molar-refractivity contribution in [3.63, 3.8) is 0 Å². The van der Waals surface area contributed by atoms with Crippen molar-refractivity contribution in [3.8, 4) is 5.75 Å². The van der Waals surface area contributed by atoms with E-state index in [2.05, 4.69) is 15.4 Å². The SMILES string of the molecule is COc1ccc(CCC(=O)Nc2nc(C)nn2C)cc1. The van der Waals surface area contributed by atoms with Gasteiger partial charge in [0.05, 0.1) is 7.11 Å². The number of benzene rings is 1. The summed E-state index contributed by atoms with van der Waals surface area (Å²) in [6.45, 7) is 1.78. The molecular weight excluding hydrogens is 256 g/mol. The molecule has 1 amide bonds. The molecule has 1 aromatic heterocycles. The molecule has 6 heteroatoms. The zero-order valence-electron chi connectivity index (χ0n) is 11.9. The number of ether oxygens (including phenoxy) is 1. The number of amides is 1. The molecule has 0 spiro atoms. The highest BCUT2D eigenvalue weighted by atomic mass is 16.5. The first-order chi connectivity index (χ1) is 9.58. The molecule has 106 valence electrons. The number of hydrogen-bond donors (Lipinski definition) is 1. The summed E-state index contributed by atoms with van der Waals surface area (Å²) in [7, 11) is 3.38. The van der Waals surface area contributed by atoms with Gasteiger partial charge in [-0.05, 0) is 31.0 Å². The zero-order valence-corrected chi connectivity index (χ0v) is 11.9. The molecule has 0 atom stereocenters. The van der Waals surface area contributed by atoms with Crippen LogP contribution in [0.2, 0.25) is 0 Å². The Kier molecular flexibility index (Phi) is 4.34. The van der Waals surface area contributed by atoms with Gasteiger partial charge in [0.15, 0.2) is 0 Å². The molecule has 0 saturated heterocycles. The molecule has 20 heavy (non-hydrogen) atoms. The van der Waals surface area contributed by atoms with Crippen LogP contribution in [0.1, 0.15) is 17.8 Å². The first-order valence-electron chi connectivity index (χ1n) is 6.39. The molecule has 0 aliphatic carbocycles. The van der Waals surface area contributed by atoms with Gasteiger partial charge in [-0.25, -0.2) is 4.68 Å². The van der Waals surface area contributed by atoms with E-state index in [9.17, 15) is 4.79 Å². The number of nitrogens with one attached hydrogen (secondary N) is 1. The van der Waals surface area contributed by atoms with Gasteiger partial charge in [-0.2, -0.15) is 10.1 Å². The van der Waals surface area contributed by atoms with E-state index < -0.39 is 0 Å². The normalized spacial score (nSPS) is 10.3. The number of rotatable bonds is 5. The van der Waals surface area contributed by atoms with Crippen LogP contribution in [0.5, 0.6) is 5.75 Å². The van der Waals surface area contributed by atoms with Gasteiger partial charge in [-0.1, -0.05) is 12.1 Å². The van der Waals surface area contributed by atoms with Gasteiger partial charge in [0.25, 0.3) is 0 Å². The van der Waals surface area contributed by atoms with Crippen LogP contribution in [0, 0.1) is 6.92 Å². The number of carbonyl (C=O) groups excluding carboxylic acids is 1. The Morgan fingerprint density at radius 1 is 1.35 bits per heavy atom. The maximum atomic E-state index is 11.9. The lowest BCUT2D eigenvalue weighted by atomic mass is 10.1. The second kappa shape index (κ2) is 6.18. The van der Waals surface area contributed by atoms with Crippen molar-refractivity contribution in [3.05, 3.63) is 35.7 Å². The van der Waals surface area contributed by atoms with Crippen molar-refractivity contribution in [2.24, 2.45) is 7.05 Å². The zero-order chi connectivity index (χ0) is 14.5. The van der Waals surface area contributed by atoms with Gasteiger partial charge < -0.3 is 4.74 Å². The average molecular weight is 274 g/mol. The Bertz CT molecular complexity index is 590. The molecule has 0 aliphatic rings. The molecular formula is C14H18N4O2. The highest BCUT2D eigenvalue weighted by Gasteiger charge is 2.08. The summed E-state index contributed by atoms with van der Waals surface area (Å²) in [6.07, 6.45) is 1.07. The average Bonchev–Trinajstić information content (AvgIpc) is 2.75. The van der Waals surface area contributed by atoms with Crippen molar-refractivity contribution in [2.75, 3.05) is 12.4 Å². The van der Waals surface area contributed by atoms with E-state index in [4.69, 9.17) is 4.74 Å². The molecule has 0 saturated carbocycles. The lowest BCUT2D eigenvalue weighted by Gasteiger charge is -2.05. The molecule has 6 nitrogen and oxygen atoms in total.